The van der Waals surface area contributed by atoms with E-state index in [1.54, 1.807) is 16.3 Å². The van der Waals surface area contributed by atoms with E-state index < -0.39 is 0 Å². The number of carbonyl (C=O) groups excluding carboxylic acids is 1. The molecular formula is C10H13NO3S. The zero-order chi connectivity index (χ0) is 11.4. The van der Waals surface area contributed by atoms with Crippen molar-refractivity contribution in [2.45, 2.75) is 31.4 Å². The molecule has 1 aliphatic rings. The van der Waals surface area contributed by atoms with E-state index in [4.69, 9.17) is 0 Å². The van der Waals surface area contributed by atoms with Crippen LogP contribution in [0.15, 0.2) is 0 Å². The third-order valence-corrected chi connectivity index (χ3v) is 3.97. The molecule has 0 amide bonds. The molecule has 2 N–H and O–H groups in total. The molecule has 0 radical (unpaired) electrons. The second-order valence-corrected chi connectivity index (χ2v) is 5.70. The maximum atomic E-state index is 11.3. The van der Waals surface area contributed by atoms with Crippen LogP contribution in [0.25, 0.3) is 0 Å². The Bertz CT molecular complexity index is 448. The number of aromatic hydroxyl groups is 2. The highest BCUT2D eigenvalue weighted by molar-refractivity contribution is 7.99. The van der Waals surface area contributed by atoms with Crippen LogP contribution in [0.1, 0.15) is 36.8 Å². The average Bonchev–Trinajstić information content (AvgIpc) is 2.52. The van der Waals surface area contributed by atoms with Crippen LogP contribution in [-0.2, 0) is 10.6 Å². The van der Waals surface area contributed by atoms with E-state index in [1.807, 2.05) is 13.8 Å². The number of Topliss-reactive ketones (excluding diaryl/α,β-unsaturated/α-hetero) is 1. The molecule has 0 saturated heterocycles. The summed E-state index contributed by atoms with van der Waals surface area (Å²) in [5.74, 6) is 0.107. The fraction of sp³-hybridized carbons (Fsp3) is 0.500. The minimum absolute atomic E-state index is 0.0402. The van der Waals surface area contributed by atoms with Gasteiger partial charge in [0, 0.05) is 5.75 Å². The Morgan fingerprint density at radius 2 is 2.07 bits per heavy atom. The molecule has 5 heteroatoms. The highest BCUT2D eigenvalue weighted by Gasteiger charge is 2.38. The first-order valence-corrected chi connectivity index (χ1v) is 5.65. The van der Waals surface area contributed by atoms with Gasteiger partial charge in [-0.25, -0.2) is 0 Å². The predicted molar refractivity (Wildman–Crippen MR) is 58.4 cm³/mol. The highest BCUT2D eigenvalue weighted by atomic mass is 32.2. The van der Waals surface area contributed by atoms with E-state index in [0.717, 1.165) is 0 Å². The van der Waals surface area contributed by atoms with Gasteiger partial charge in [0.05, 0.1) is 10.6 Å². The van der Waals surface area contributed by atoms with Gasteiger partial charge < -0.3 is 10.2 Å². The van der Waals surface area contributed by atoms with Crippen LogP contribution in [0.5, 0.6) is 11.6 Å². The second-order valence-electron chi connectivity index (χ2n) is 4.12. The maximum Gasteiger partial charge on any atom is 0.207 e. The van der Waals surface area contributed by atoms with Gasteiger partial charge in [-0.1, -0.05) is 0 Å². The van der Waals surface area contributed by atoms with Crippen LogP contribution in [0, 0.1) is 0 Å². The molecule has 2 heterocycles. The summed E-state index contributed by atoms with van der Waals surface area (Å²) in [6.45, 7) is 5.22. The van der Waals surface area contributed by atoms with Crippen LogP contribution in [0.3, 0.4) is 0 Å². The summed E-state index contributed by atoms with van der Waals surface area (Å²) in [4.78, 5) is 10.9. The fourth-order valence-corrected chi connectivity index (χ4v) is 3.02. The van der Waals surface area contributed by atoms with Crippen LogP contribution in [-0.4, -0.2) is 20.6 Å². The van der Waals surface area contributed by atoms with Gasteiger partial charge in [0.25, 0.3) is 0 Å². The van der Waals surface area contributed by atoms with Crippen molar-refractivity contribution in [1.82, 2.24) is 4.57 Å². The van der Waals surface area contributed by atoms with Crippen LogP contribution >= 0.6 is 11.8 Å². The molecule has 0 fully saturated rings. The van der Waals surface area contributed by atoms with Crippen molar-refractivity contribution < 1.29 is 15.0 Å². The first-order valence-electron chi connectivity index (χ1n) is 4.67. The number of hydrogen-bond acceptors (Lipinski definition) is 4. The zero-order valence-electron chi connectivity index (χ0n) is 8.87. The molecule has 0 unspecified atom stereocenters. The van der Waals surface area contributed by atoms with Gasteiger partial charge in [0.2, 0.25) is 5.88 Å². The van der Waals surface area contributed by atoms with E-state index >= 15 is 0 Å². The quantitative estimate of drug-likeness (QED) is 0.721. The smallest absolute Gasteiger partial charge is 0.207 e. The average molecular weight is 227 g/mol. The Labute approximate surface area is 91.9 Å². The highest BCUT2D eigenvalue weighted by Crippen LogP contribution is 2.50. The van der Waals surface area contributed by atoms with E-state index in [9.17, 15) is 15.0 Å². The van der Waals surface area contributed by atoms with Gasteiger partial charge in [0.15, 0.2) is 11.5 Å². The zero-order valence-corrected chi connectivity index (χ0v) is 9.68. The summed E-state index contributed by atoms with van der Waals surface area (Å²) in [7, 11) is 0. The first-order chi connectivity index (χ1) is 6.86. The fourth-order valence-electron chi connectivity index (χ4n) is 1.94. The summed E-state index contributed by atoms with van der Waals surface area (Å²) < 4.78 is 1.63. The van der Waals surface area contributed by atoms with Gasteiger partial charge in [-0.2, -0.15) is 0 Å². The van der Waals surface area contributed by atoms with Crippen LogP contribution in [0.4, 0.5) is 0 Å². The largest absolute Gasteiger partial charge is 0.505 e. The molecule has 4 nitrogen and oxygen atoms in total. The van der Waals surface area contributed by atoms with E-state index in [2.05, 4.69) is 0 Å². The molecule has 1 aromatic heterocycles. The minimum Gasteiger partial charge on any atom is -0.505 e. The van der Waals surface area contributed by atoms with E-state index in [0.29, 0.717) is 11.4 Å². The molecule has 82 valence electrons. The molecule has 0 aliphatic carbocycles. The van der Waals surface area contributed by atoms with Crippen molar-refractivity contribution in [2.75, 3.05) is 0 Å². The lowest BCUT2D eigenvalue weighted by atomic mass is 10.2. The van der Waals surface area contributed by atoms with Crippen molar-refractivity contribution in [1.29, 1.82) is 0 Å². The lowest BCUT2D eigenvalue weighted by Crippen LogP contribution is -2.17. The van der Waals surface area contributed by atoms with Gasteiger partial charge in [0.1, 0.15) is 5.56 Å². The monoisotopic (exact) mass is 227 g/mol. The Kier molecular flexibility index (Phi) is 2.05. The lowest BCUT2D eigenvalue weighted by molar-refractivity contribution is 0.101. The molecule has 15 heavy (non-hydrogen) atoms. The van der Waals surface area contributed by atoms with Crippen molar-refractivity contribution in [3.63, 3.8) is 0 Å². The third-order valence-electron chi connectivity index (χ3n) is 2.67. The Balaban J connectivity index is 2.73. The lowest BCUT2D eigenvalue weighted by Gasteiger charge is -2.20. The molecule has 2 rings (SSSR count). The van der Waals surface area contributed by atoms with Gasteiger partial charge >= 0.3 is 0 Å². The number of carbonyl (C=O) groups is 1. The van der Waals surface area contributed by atoms with Crippen LogP contribution < -0.4 is 0 Å². The summed E-state index contributed by atoms with van der Waals surface area (Å²) in [5, 5.41) is 19.7. The maximum absolute atomic E-state index is 11.3. The summed E-state index contributed by atoms with van der Waals surface area (Å²) in [5.41, 5.74) is 0.672. The normalized spacial score (nSPS) is 17.8. The number of thioether (sulfide) groups is 1. The standard InChI is InChI=1S/C10H13NO3S/c1-5(12)7-8(13)6-4-15-10(2,3)11(6)9(7)14/h13-14H,4H2,1-3H3. The topological polar surface area (TPSA) is 62.5 Å². The minimum atomic E-state index is -0.315. The van der Waals surface area contributed by atoms with Crippen LogP contribution in [0.2, 0.25) is 0 Å². The molecule has 1 aliphatic heterocycles. The molecule has 0 bridgehead atoms. The van der Waals surface area contributed by atoms with Crippen molar-refractivity contribution >= 4 is 17.5 Å². The van der Waals surface area contributed by atoms with Crippen molar-refractivity contribution in [2.24, 2.45) is 0 Å². The van der Waals surface area contributed by atoms with Gasteiger partial charge in [-0.05, 0) is 20.8 Å². The SMILES string of the molecule is CC(=O)c1c(O)c2n(c1O)C(C)(C)SC2. The molecule has 0 spiro atoms. The molecule has 0 atom stereocenters. The number of aromatic nitrogens is 1. The summed E-state index contributed by atoms with van der Waals surface area (Å²) >= 11 is 1.62. The first kappa shape index (κ1) is 10.4. The van der Waals surface area contributed by atoms with Gasteiger partial charge in [-0.3, -0.25) is 9.36 Å². The second kappa shape index (κ2) is 2.95. The summed E-state index contributed by atoms with van der Waals surface area (Å²) in [6, 6.07) is 0. The Morgan fingerprint density at radius 1 is 1.47 bits per heavy atom. The molecule has 0 aromatic carbocycles. The Morgan fingerprint density at radius 3 is 2.53 bits per heavy atom. The predicted octanol–water partition coefficient (Wildman–Crippen LogP) is 2.04. The van der Waals surface area contributed by atoms with Gasteiger partial charge in [-0.15, -0.1) is 11.8 Å². The number of ketones is 1. The van der Waals surface area contributed by atoms with E-state index in [-0.39, 0.29) is 27.8 Å². The number of nitrogens with zero attached hydrogens (tertiary/aromatic N) is 1. The van der Waals surface area contributed by atoms with Crippen molar-refractivity contribution in [3.05, 3.63) is 11.3 Å². The number of hydrogen-bond donors (Lipinski definition) is 2. The number of rotatable bonds is 1. The number of fused-ring (bicyclic) bond motifs is 1. The molecular weight excluding hydrogens is 214 g/mol. The molecule has 1 aromatic rings. The third kappa shape index (κ3) is 1.26. The summed E-state index contributed by atoms with van der Waals surface area (Å²) in [6.07, 6.45) is 0. The van der Waals surface area contributed by atoms with Crippen molar-refractivity contribution in [3.8, 4) is 11.6 Å². The Hall–Kier alpha value is -1.10. The van der Waals surface area contributed by atoms with E-state index in [1.165, 1.54) is 6.92 Å². The molecule has 0 saturated carbocycles.